The first-order chi connectivity index (χ1) is 11.2. The summed E-state index contributed by atoms with van der Waals surface area (Å²) in [6.07, 6.45) is 3.60. The van der Waals surface area contributed by atoms with Crippen LogP contribution < -0.4 is 14.5 Å². The lowest BCUT2D eigenvalue weighted by Crippen LogP contribution is -2.46. The SMILES string of the molecule is O=C(O)COc1ccccc1N1CCN(c2ccncc2)CC1. The number of benzene rings is 1. The van der Waals surface area contributed by atoms with E-state index in [1.807, 2.05) is 36.4 Å². The molecule has 1 aliphatic rings. The van der Waals surface area contributed by atoms with Gasteiger partial charge in [0, 0.05) is 44.3 Å². The second-order valence-corrected chi connectivity index (χ2v) is 5.33. The van der Waals surface area contributed by atoms with Gasteiger partial charge >= 0.3 is 5.97 Å². The molecule has 1 N–H and O–H groups in total. The first kappa shape index (κ1) is 15.1. The molecule has 0 radical (unpaired) electrons. The van der Waals surface area contributed by atoms with Gasteiger partial charge in [0.25, 0.3) is 0 Å². The number of aliphatic carboxylic acids is 1. The number of para-hydroxylation sites is 2. The van der Waals surface area contributed by atoms with Crippen LogP contribution in [-0.4, -0.2) is 48.8 Å². The number of carbonyl (C=O) groups is 1. The zero-order valence-electron chi connectivity index (χ0n) is 12.8. The van der Waals surface area contributed by atoms with E-state index >= 15 is 0 Å². The fourth-order valence-corrected chi connectivity index (χ4v) is 2.74. The summed E-state index contributed by atoms with van der Waals surface area (Å²) in [4.78, 5) is 19.3. The third kappa shape index (κ3) is 3.71. The standard InChI is InChI=1S/C17H19N3O3/c21-17(22)13-23-16-4-2-1-3-15(16)20-11-9-19(10-12-20)14-5-7-18-8-6-14/h1-8H,9-13H2,(H,21,22). The molecule has 0 spiro atoms. The minimum absolute atomic E-state index is 0.325. The van der Waals surface area contributed by atoms with Crippen molar-refractivity contribution in [1.29, 1.82) is 0 Å². The molecule has 0 aliphatic carbocycles. The molecule has 1 aromatic heterocycles. The number of anilines is 2. The maximum Gasteiger partial charge on any atom is 0.341 e. The number of carboxylic acids is 1. The highest BCUT2D eigenvalue weighted by atomic mass is 16.5. The van der Waals surface area contributed by atoms with Crippen LogP contribution in [0.15, 0.2) is 48.8 Å². The van der Waals surface area contributed by atoms with Gasteiger partial charge in [0.1, 0.15) is 5.75 Å². The topological polar surface area (TPSA) is 65.9 Å². The molecule has 2 heterocycles. The van der Waals surface area contributed by atoms with Crippen LogP contribution in [0.1, 0.15) is 0 Å². The van der Waals surface area contributed by atoms with Crippen LogP contribution in [0.25, 0.3) is 0 Å². The summed E-state index contributed by atoms with van der Waals surface area (Å²) in [6.45, 7) is 3.19. The molecule has 6 nitrogen and oxygen atoms in total. The Balaban J connectivity index is 1.67. The van der Waals surface area contributed by atoms with Crippen LogP contribution in [0.2, 0.25) is 0 Å². The Morgan fingerprint density at radius 2 is 1.70 bits per heavy atom. The summed E-state index contributed by atoms with van der Waals surface area (Å²) in [5.41, 5.74) is 2.12. The van der Waals surface area contributed by atoms with Crippen molar-refractivity contribution in [3.8, 4) is 5.75 Å². The second-order valence-electron chi connectivity index (χ2n) is 5.33. The monoisotopic (exact) mass is 313 g/mol. The Kier molecular flexibility index (Phi) is 4.61. The third-order valence-corrected chi connectivity index (χ3v) is 3.86. The van der Waals surface area contributed by atoms with Crippen molar-refractivity contribution in [2.75, 3.05) is 42.6 Å². The van der Waals surface area contributed by atoms with Gasteiger partial charge < -0.3 is 19.6 Å². The van der Waals surface area contributed by atoms with Crippen LogP contribution in [0.3, 0.4) is 0 Å². The Morgan fingerprint density at radius 3 is 2.39 bits per heavy atom. The lowest BCUT2D eigenvalue weighted by molar-refractivity contribution is -0.139. The van der Waals surface area contributed by atoms with E-state index in [0.717, 1.165) is 31.9 Å². The average Bonchev–Trinajstić information content (AvgIpc) is 2.61. The average molecular weight is 313 g/mol. The molecule has 0 saturated carbocycles. The molecule has 1 fully saturated rings. The molecule has 1 aromatic carbocycles. The zero-order valence-corrected chi connectivity index (χ0v) is 12.8. The molecule has 0 amide bonds. The number of carboxylic acid groups (broad SMARTS) is 1. The normalized spacial score (nSPS) is 14.6. The van der Waals surface area contributed by atoms with Crippen LogP contribution >= 0.6 is 0 Å². The first-order valence-corrected chi connectivity index (χ1v) is 7.57. The van der Waals surface area contributed by atoms with Crippen LogP contribution in [0, 0.1) is 0 Å². The summed E-state index contributed by atoms with van der Waals surface area (Å²) in [5, 5.41) is 8.79. The number of aromatic nitrogens is 1. The maximum absolute atomic E-state index is 10.7. The molecule has 1 saturated heterocycles. The van der Waals surface area contributed by atoms with Crippen LogP contribution in [0.4, 0.5) is 11.4 Å². The molecule has 0 unspecified atom stereocenters. The van der Waals surface area contributed by atoms with E-state index in [2.05, 4.69) is 14.8 Å². The third-order valence-electron chi connectivity index (χ3n) is 3.86. The van der Waals surface area contributed by atoms with E-state index in [1.165, 1.54) is 5.69 Å². The summed E-state index contributed by atoms with van der Waals surface area (Å²) in [5.74, 6) is -0.352. The Bertz CT molecular complexity index is 655. The van der Waals surface area contributed by atoms with Crippen molar-refractivity contribution in [2.45, 2.75) is 0 Å². The van der Waals surface area contributed by atoms with E-state index in [1.54, 1.807) is 12.4 Å². The summed E-state index contributed by atoms with van der Waals surface area (Å²) in [6, 6.07) is 11.6. The fourth-order valence-electron chi connectivity index (χ4n) is 2.74. The molecule has 1 aliphatic heterocycles. The number of hydrogen-bond acceptors (Lipinski definition) is 5. The number of rotatable bonds is 5. The molecule has 6 heteroatoms. The summed E-state index contributed by atoms with van der Waals surface area (Å²) >= 11 is 0. The van der Waals surface area contributed by atoms with E-state index < -0.39 is 5.97 Å². The number of ether oxygens (including phenoxy) is 1. The Hall–Kier alpha value is -2.76. The highest BCUT2D eigenvalue weighted by Gasteiger charge is 2.20. The van der Waals surface area contributed by atoms with E-state index in [-0.39, 0.29) is 6.61 Å². The van der Waals surface area contributed by atoms with Gasteiger partial charge in [-0.2, -0.15) is 0 Å². The number of nitrogens with zero attached hydrogens (tertiary/aromatic N) is 3. The summed E-state index contributed by atoms with van der Waals surface area (Å²) in [7, 11) is 0. The molecular formula is C17H19N3O3. The Labute approximate surface area is 134 Å². The zero-order chi connectivity index (χ0) is 16.1. The van der Waals surface area contributed by atoms with Gasteiger partial charge in [-0.25, -0.2) is 4.79 Å². The minimum Gasteiger partial charge on any atom is -0.480 e. The number of piperazine rings is 1. The largest absolute Gasteiger partial charge is 0.480 e. The number of hydrogen-bond donors (Lipinski definition) is 1. The van der Waals surface area contributed by atoms with Crippen molar-refractivity contribution in [3.05, 3.63) is 48.8 Å². The van der Waals surface area contributed by atoms with Crippen molar-refractivity contribution >= 4 is 17.3 Å². The molecule has 23 heavy (non-hydrogen) atoms. The van der Waals surface area contributed by atoms with Gasteiger partial charge in [-0.3, -0.25) is 4.98 Å². The van der Waals surface area contributed by atoms with Crippen molar-refractivity contribution in [3.63, 3.8) is 0 Å². The van der Waals surface area contributed by atoms with Gasteiger partial charge in [-0.15, -0.1) is 0 Å². The first-order valence-electron chi connectivity index (χ1n) is 7.57. The summed E-state index contributed by atoms with van der Waals surface area (Å²) < 4.78 is 5.40. The lowest BCUT2D eigenvalue weighted by atomic mass is 10.2. The maximum atomic E-state index is 10.7. The van der Waals surface area contributed by atoms with Gasteiger partial charge in [0.15, 0.2) is 6.61 Å². The fraction of sp³-hybridized carbons (Fsp3) is 0.294. The van der Waals surface area contributed by atoms with Crippen molar-refractivity contribution in [1.82, 2.24) is 4.98 Å². The van der Waals surface area contributed by atoms with Gasteiger partial charge in [-0.1, -0.05) is 12.1 Å². The predicted octanol–water partition coefficient (Wildman–Crippen LogP) is 1.87. The smallest absolute Gasteiger partial charge is 0.341 e. The quantitative estimate of drug-likeness (QED) is 0.909. The number of pyridine rings is 1. The highest BCUT2D eigenvalue weighted by molar-refractivity contribution is 5.69. The van der Waals surface area contributed by atoms with Crippen LogP contribution in [0.5, 0.6) is 5.75 Å². The Morgan fingerprint density at radius 1 is 1.04 bits per heavy atom. The van der Waals surface area contributed by atoms with E-state index in [9.17, 15) is 4.79 Å². The van der Waals surface area contributed by atoms with Gasteiger partial charge in [0.05, 0.1) is 5.69 Å². The molecule has 2 aromatic rings. The van der Waals surface area contributed by atoms with Gasteiger partial charge in [-0.05, 0) is 24.3 Å². The van der Waals surface area contributed by atoms with E-state index in [0.29, 0.717) is 5.75 Å². The van der Waals surface area contributed by atoms with Crippen molar-refractivity contribution < 1.29 is 14.6 Å². The predicted molar refractivity (Wildman–Crippen MR) is 88.2 cm³/mol. The minimum atomic E-state index is -0.970. The molecule has 120 valence electrons. The molecule has 0 bridgehead atoms. The van der Waals surface area contributed by atoms with Crippen LogP contribution in [-0.2, 0) is 4.79 Å². The molecular weight excluding hydrogens is 294 g/mol. The molecule has 3 rings (SSSR count). The highest BCUT2D eigenvalue weighted by Crippen LogP contribution is 2.29. The lowest BCUT2D eigenvalue weighted by Gasteiger charge is -2.37. The van der Waals surface area contributed by atoms with Gasteiger partial charge in [0.2, 0.25) is 0 Å². The van der Waals surface area contributed by atoms with E-state index in [4.69, 9.17) is 9.84 Å². The van der Waals surface area contributed by atoms with Crippen molar-refractivity contribution in [2.24, 2.45) is 0 Å². The molecule has 0 atom stereocenters. The second kappa shape index (κ2) is 7.00.